The molecule has 1 aliphatic heterocycles. The fraction of sp³-hybridized carbons (Fsp3) is 0.900. The van der Waals surface area contributed by atoms with E-state index in [1.165, 1.54) is 0 Å². The smallest absolute Gasteiger partial charge is 0.222 e. The van der Waals surface area contributed by atoms with Crippen molar-refractivity contribution in [1.82, 2.24) is 10.2 Å². The maximum absolute atomic E-state index is 11.7. The summed E-state index contributed by atoms with van der Waals surface area (Å²) in [6, 6.07) is -0.118. The Morgan fingerprint density at radius 2 is 2.19 bits per heavy atom. The average molecular weight is 248 g/mol. The molecule has 1 fully saturated rings. The molecule has 1 N–H and O–H groups in total. The van der Waals surface area contributed by atoms with Crippen LogP contribution in [-0.2, 0) is 14.6 Å². The third kappa shape index (κ3) is 3.75. The van der Waals surface area contributed by atoms with Gasteiger partial charge in [-0.2, -0.15) is 0 Å². The third-order valence-electron chi connectivity index (χ3n) is 2.97. The Morgan fingerprint density at radius 1 is 1.50 bits per heavy atom. The maximum Gasteiger partial charge on any atom is 0.222 e. The number of rotatable bonds is 5. The highest BCUT2D eigenvalue weighted by Crippen LogP contribution is 2.17. The fourth-order valence-electron chi connectivity index (χ4n) is 1.88. The van der Waals surface area contributed by atoms with Crippen LogP contribution in [0.2, 0.25) is 0 Å². The Kier molecular flexibility index (Phi) is 4.73. The molecule has 94 valence electrons. The molecule has 0 aliphatic carbocycles. The standard InChI is InChI=1S/C10H20N2O3S/c1-11-6-3-4-10(13)12(2)9-5-7-16(14,15)8-9/h9,11H,3-8H2,1-2H3. The van der Waals surface area contributed by atoms with Crippen molar-refractivity contribution in [2.75, 3.05) is 32.1 Å². The number of amides is 1. The van der Waals surface area contributed by atoms with E-state index in [0.717, 1.165) is 13.0 Å². The molecule has 1 rings (SSSR count). The van der Waals surface area contributed by atoms with Gasteiger partial charge in [-0.3, -0.25) is 4.79 Å². The second-order valence-corrected chi connectivity index (χ2v) is 6.50. The normalized spacial score (nSPS) is 23.2. The summed E-state index contributed by atoms with van der Waals surface area (Å²) in [6.45, 7) is 0.808. The number of hydrogen-bond donors (Lipinski definition) is 1. The van der Waals surface area contributed by atoms with Crippen LogP contribution in [0.5, 0.6) is 0 Å². The lowest BCUT2D eigenvalue weighted by Gasteiger charge is -2.23. The Morgan fingerprint density at radius 3 is 2.69 bits per heavy atom. The molecule has 0 aromatic heterocycles. The van der Waals surface area contributed by atoms with Crippen LogP contribution in [0.3, 0.4) is 0 Å². The molecule has 1 atom stereocenters. The number of sulfone groups is 1. The number of carbonyl (C=O) groups excluding carboxylic acids is 1. The lowest BCUT2D eigenvalue weighted by atomic mass is 10.2. The predicted molar refractivity (Wildman–Crippen MR) is 63.0 cm³/mol. The molecule has 6 heteroatoms. The first-order chi connectivity index (χ1) is 7.46. The van der Waals surface area contributed by atoms with Gasteiger partial charge in [-0.25, -0.2) is 8.42 Å². The van der Waals surface area contributed by atoms with Gasteiger partial charge in [0.25, 0.3) is 0 Å². The summed E-state index contributed by atoms with van der Waals surface area (Å²) in [5.74, 6) is 0.380. The van der Waals surface area contributed by atoms with Crippen LogP contribution in [0, 0.1) is 0 Å². The predicted octanol–water partition coefficient (Wildman–Crippen LogP) is -0.368. The van der Waals surface area contributed by atoms with Gasteiger partial charge < -0.3 is 10.2 Å². The second-order valence-electron chi connectivity index (χ2n) is 4.27. The van der Waals surface area contributed by atoms with Crippen molar-refractivity contribution in [3.63, 3.8) is 0 Å². The third-order valence-corrected chi connectivity index (χ3v) is 4.72. The molecule has 0 spiro atoms. The minimum Gasteiger partial charge on any atom is -0.342 e. The van der Waals surface area contributed by atoms with Crippen molar-refractivity contribution < 1.29 is 13.2 Å². The van der Waals surface area contributed by atoms with E-state index in [9.17, 15) is 13.2 Å². The van der Waals surface area contributed by atoms with Crippen molar-refractivity contribution in [2.45, 2.75) is 25.3 Å². The Hall–Kier alpha value is -0.620. The van der Waals surface area contributed by atoms with E-state index in [2.05, 4.69) is 5.32 Å². The van der Waals surface area contributed by atoms with E-state index in [1.54, 1.807) is 11.9 Å². The molecular formula is C10H20N2O3S. The van der Waals surface area contributed by atoms with Crippen LogP contribution in [0.25, 0.3) is 0 Å². The van der Waals surface area contributed by atoms with Crippen molar-refractivity contribution >= 4 is 15.7 Å². The molecule has 1 aliphatic rings. The lowest BCUT2D eigenvalue weighted by molar-refractivity contribution is -0.131. The van der Waals surface area contributed by atoms with E-state index in [0.29, 0.717) is 12.8 Å². The molecule has 0 aromatic carbocycles. The first-order valence-electron chi connectivity index (χ1n) is 5.57. The molecule has 0 saturated carbocycles. The van der Waals surface area contributed by atoms with E-state index in [1.807, 2.05) is 7.05 Å². The molecule has 0 bridgehead atoms. The highest BCUT2D eigenvalue weighted by molar-refractivity contribution is 7.91. The van der Waals surface area contributed by atoms with E-state index < -0.39 is 9.84 Å². The highest BCUT2D eigenvalue weighted by atomic mass is 32.2. The van der Waals surface area contributed by atoms with E-state index >= 15 is 0 Å². The van der Waals surface area contributed by atoms with Gasteiger partial charge in [-0.05, 0) is 26.4 Å². The molecule has 0 radical (unpaired) electrons. The zero-order valence-corrected chi connectivity index (χ0v) is 10.7. The van der Waals surface area contributed by atoms with Gasteiger partial charge in [-0.1, -0.05) is 0 Å². The van der Waals surface area contributed by atoms with Gasteiger partial charge >= 0.3 is 0 Å². The summed E-state index contributed by atoms with van der Waals surface area (Å²) in [5, 5.41) is 2.98. The molecule has 1 unspecified atom stereocenters. The van der Waals surface area contributed by atoms with Crippen molar-refractivity contribution in [2.24, 2.45) is 0 Å². The summed E-state index contributed by atoms with van der Waals surface area (Å²) < 4.78 is 22.6. The number of carbonyl (C=O) groups is 1. The minimum absolute atomic E-state index is 0.0392. The van der Waals surface area contributed by atoms with Gasteiger partial charge in [0.2, 0.25) is 5.91 Å². The molecule has 5 nitrogen and oxygen atoms in total. The number of hydrogen-bond acceptors (Lipinski definition) is 4. The van der Waals surface area contributed by atoms with Gasteiger partial charge in [0.1, 0.15) is 0 Å². The number of nitrogens with one attached hydrogen (secondary N) is 1. The minimum atomic E-state index is -2.91. The molecule has 1 heterocycles. The van der Waals surface area contributed by atoms with E-state index in [4.69, 9.17) is 0 Å². The molecule has 1 saturated heterocycles. The number of nitrogens with zero attached hydrogens (tertiary/aromatic N) is 1. The largest absolute Gasteiger partial charge is 0.342 e. The molecular weight excluding hydrogens is 228 g/mol. The summed E-state index contributed by atoms with van der Waals surface area (Å²) >= 11 is 0. The fourth-order valence-corrected chi connectivity index (χ4v) is 3.65. The van der Waals surface area contributed by atoms with Crippen molar-refractivity contribution in [3.05, 3.63) is 0 Å². The highest BCUT2D eigenvalue weighted by Gasteiger charge is 2.32. The zero-order valence-electron chi connectivity index (χ0n) is 9.90. The summed E-state index contributed by atoms with van der Waals surface area (Å²) in [7, 11) is 0.641. The van der Waals surface area contributed by atoms with Crippen LogP contribution in [0.15, 0.2) is 0 Å². The van der Waals surface area contributed by atoms with Crippen LogP contribution >= 0.6 is 0 Å². The first kappa shape index (κ1) is 13.4. The summed E-state index contributed by atoms with van der Waals surface area (Å²) in [5.41, 5.74) is 0. The van der Waals surface area contributed by atoms with Gasteiger partial charge in [0.05, 0.1) is 11.5 Å². The molecule has 16 heavy (non-hydrogen) atoms. The van der Waals surface area contributed by atoms with Crippen LogP contribution in [-0.4, -0.2) is 57.4 Å². The first-order valence-corrected chi connectivity index (χ1v) is 7.39. The Labute approximate surface area is 97.1 Å². The monoisotopic (exact) mass is 248 g/mol. The average Bonchev–Trinajstić information content (AvgIpc) is 2.58. The van der Waals surface area contributed by atoms with Crippen molar-refractivity contribution in [3.8, 4) is 0 Å². The molecule has 0 aromatic rings. The zero-order chi connectivity index (χ0) is 12.2. The van der Waals surface area contributed by atoms with Crippen LogP contribution in [0.4, 0.5) is 0 Å². The van der Waals surface area contributed by atoms with Crippen LogP contribution < -0.4 is 5.32 Å². The van der Waals surface area contributed by atoms with Crippen LogP contribution in [0.1, 0.15) is 19.3 Å². The van der Waals surface area contributed by atoms with Gasteiger partial charge in [0, 0.05) is 19.5 Å². The topological polar surface area (TPSA) is 66.5 Å². The Bertz CT molecular complexity index is 340. The van der Waals surface area contributed by atoms with Gasteiger partial charge in [-0.15, -0.1) is 0 Å². The summed E-state index contributed by atoms with van der Waals surface area (Å²) in [6.07, 6.45) is 1.85. The van der Waals surface area contributed by atoms with Gasteiger partial charge in [0.15, 0.2) is 9.84 Å². The summed E-state index contributed by atoms with van der Waals surface area (Å²) in [4.78, 5) is 13.3. The Balaban J connectivity index is 2.40. The van der Waals surface area contributed by atoms with E-state index in [-0.39, 0.29) is 23.5 Å². The van der Waals surface area contributed by atoms with Crippen molar-refractivity contribution in [1.29, 1.82) is 0 Å². The molecule has 1 amide bonds. The maximum atomic E-state index is 11.7. The SMILES string of the molecule is CNCCCC(=O)N(C)C1CCS(=O)(=O)C1. The quantitative estimate of drug-likeness (QED) is 0.674. The lowest BCUT2D eigenvalue weighted by Crippen LogP contribution is -2.37. The second kappa shape index (κ2) is 5.63.